The van der Waals surface area contributed by atoms with E-state index < -0.39 is 0 Å². The van der Waals surface area contributed by atoms with Gasteiger partial charge in [0.05, 0.1) is 6.61 Å². The first kappa shape index (κ1) is 16.7. The van der Waals surface area contributed by atoms with Crippen molar-refractivity contribution in [3.8, 4) is 5.88 Å². The Kier molecular flexibility index (Phi) is 8.00. The van der Waals surface area contributed by atoms with Crippen molar-refractivity contribution in [3.05, 3.63) is 11.9 Å². The minimum Gasteiger partial charge on any atom is -0.478 e. The van der Waals surface area contributed by atoms with Crippen molar-refractivity contribution in [2.75, 3.05) is 18.5 Å². The molecule has 4 nitrogen and oxygen atoms in total. The van der Waals surface area contributed by atoms with Crippen LogP contribution in [0.2, 0.25) is 0 Å². The highest BCUT2D eigenvalue weighted by Gasteiger charge is 2.08. The Morgan fingerprint density at radius 1 is 1.10 bits per heavy atom. The van der Waals surface area contributed by atoms with Gasteiger partial charge in [0.1, 0.15) is 11.6 Å². The molecule has 0 saturated heterocycles. The number of nitrogens with one attached hydrogen (secondary N) is 1. The molecule has 4 heteroatoms. The number of hydrogen-bond donors (Lipinski definition) is 1. The zero-order chi connectivity index (χ0) is 14.8. The molecular formula is C16H29N3O. The van der Waals surface area contributed by atoms with E-state index in [-0.39, 0.29) is 0 Å². The van der Waals surface area contributed by atoms with Gasteiger partial charge in [-0.15, -0.1) is 0 Å². The molecule has 0 aliphatic rings. The van der Waals surface area contributed by atoms with Gasteiger partial charge in [-0.25, -0.2) is 4.98 Å². The van der Waals surface area contributed by atoms with Crippen LogP contribution in [0.15, 0.2) is 6.07 Å². The van der Waals surface area contributed by atoms with Crippen LogP contribution in [0, 0.1) is 0 Å². The summed E-state index contributed by atoms with van der Waals surface area (Å²) in [6, 6.07) is 1.91. The predicted octanol–water partition coefficient (Wildman–Crippen LogP) is 4.38. The van der Waals surface area contributed by atoms with Gasteiger partial charge >= 0.3 is 0 Å². The SMILES string of the molecule is CCCCCNc1cc(OCCCC)nc(C(C)C)n1. The Balaban J connectivity index is 2.66. The van der Waals surface area contributed by atoms with Crippen LogP contribution in [-0.2, 0) is 0 Å². The molecule has 1 aromatic rings. The predicted molar refractivity (Wildman–Crippen MR) is 84.5 cm³/mol. The Bertz CT molecular complexity index is 380. The molecule has 114 valence electrons. The lowest BCUT2D eigenvalue weighted by Crippen LogP contribution is -2.09. The maximum absolute atomic E-state index is 5.71. The molecule has 0 aliphatic heterocycles. The second kappa shape index (κ2) is 9.56. The number of unbranched alkanes of at least 4 members (excludes halogenated alkanes) is 3. The third kappa shape index (κ3) is 6.22. The zero-order valence-corrected chi connectivity index (χ0v) is 13.4. The smallest absolute Gasteiger partial charge is 0.218 e. The van der Waals surface area contributed by atoms with Crippen molar-refractivity contribution in [1.29, 1.82) is 0 Å². The number of rotatable bonds is 10. The Morgan fingerprint density at radius 2 is 1.85 bits per heavy atom. The lowest BCUT2D eigenvalue weighted by Gasteiger charge is -2.12. The van der Waals surface area contributed by atoms with Crippen LogP contribution in [0.25, 0.3) is 0 Å². The molecule has 1 rings (SSSR count). The summed E-state index contributed by atoms with van der Waals surface area (Å²) in [6.45, 7) is 10.2. The molecule has 0 spiro atoms. The molecule has 20 heavy (non-hydrogen) atoms. The van der Waals surface area contributed by atoms with Gasteiger partial charge in [-0.1, -0.05) is 47.0 Å². The minimum absolute atomic E-state index is 0.306. The molecule has 0 fully saturated rings. The summed E-state index contributed by atoms with van der Waals surface area (Å²) in [5, 5.41) is 3.37. The van der Waals surface area contributed by atoms with Gasteiger partial charge in [0, 0.05) is 18.5 Å². The van der Waals surface area contributed by atoms with E-state index in [1.165, 1.54) is 19.3 Å². The first-order valence-corrected chi connectivity index (χ1v) is 7.93. The third-order valence-electron chi connectivity index (χ3n) is 3.07. The van der Waals surface area contributed by atoms with E-state index in [4.69, 9.17) is 4.74 Å². The number of anilines is 1. The van der Waals surface area contributed by atoms with E-state index in [1.54, 1.807) is 0 Å². The van der Waals surface area contributed by atoms with Crippen LogP contribution in [0.1, 0.15) is 71.5 Å². The molecule has 0 saturated carbocycles. The average molecular weight is 279 g/mol. The molecule has 0 aromatic carbocycles. The second-order valence-corrected chi connectivity index (χ2v) is 5.44. The quantitative estimate of drug-likeness (QED) is 0.646. The van der Waals surface area contributed by atoms with Crippen LogP contribution in [0.3, 0.4) is 0 Å². The maximum atomic E-state index is 5.71. The van der Waals surface area contributed by atoms with Crippen molar-refractivity contribution >= 4 is 5.82 Å². The largest absolute Gasteiger partial charge is 0.478 e. The van der Waals surface area contributed by atoms with Crippen molar-refractivity contribution in [3.63, 3.8) is 0 Å². The lowest BCUT2D eigenvalue weighted by atomic mass is 10.2. The number of nitrogens with zero attached hydrogens (tertiary/aromatic N) is 2. The first-order chi connectivity index (χ1) is 9.67. The van der Waals surface area contributed by atoms with Gasteiger partial charge in [0.15, 0.2) is 0 Å². The molecule has 0 radical (unpaired) electrons. The molecule has 0 unspecified atom stereocenters. The van der Waals surface area contributed by atoms with E-state index in [0.29, 0.717) is 11.8 Å². The van der Waals surface area contributed by atoms with E-state index in [9.17, 15) is 0 Å². The van der Waals surface area contributed by atoms with E-state index in [1.807, 2.05) is 6.07 Å². The fraction of sp³-hybridized carbons (Fsp3) is 0.750. The molecular weight excluding hydrogens is 250 g/mol. The van der Waals surface area contributed by atoms with Crippen LogP contribution in [0.5, 0.6) is 5.88 Å². The summed E-state index contributed by atoms with van der Waals surface area (Å²) < 4.78 is 5.71. The average Bonchev–Trinajstić information content (AvgIpc) is 2.44. The molecule has 1 N–H and O–H groups in total. The molecule has 1 aromatic heterocycles. The first-order valence-electron chi connectivity index (χ1n) is 7.93. The monoisotopic (exact) mass is 279 g/mol. The lowest BCUT2D eigenvalue weighted by molar-refractivity contribution is 0.296. The summed E-state index contributed by atoms with van der Waals surface area (Å²) in [6.07, 6.45) is 5.83. The Labute approximate surface area is 123 Å². The Hall–Kier alpha value is -1.32. The van der Waals surface area contributed by atoms with Gasteiger partial charge in [0.25, 0.3) is 0 Å². The van der Waals surface area contributed by atoms with Crippen LogP contribution in [0.4, 0.5) is 5.82 Å². The standard InChI is InChI=1S/C16H29N3O/c1-5-7-9-10-17-14-12-15(20-11-8-6-2)19-16(18-14)13(3)4/h12-13H,5-11H2,1-4H3,(H,17,18,19). The normalized spacial score (nSPS) is 10.8. The van der Waals surface area contributed by atoms with Crippen LogP contribution >= 0.6 is 0 Å². The molecule has 0 aliphatic carbocycles. The summed E-state index contributed by atoms with van der Waals surface area (Å²) in [7, 11) is 0. The van der Waals surface area contributed by atoms with Gasteiger partial charge in [0.2, 0.25) is 5.88 Å². The van der Waals surface area contributed by atoms with Crippen molar-refractivity contribution in [2.24, 2.45) is 0 Å². The molecule has 0 bridgehead atoms. The van der Waals surface area contributed by atoms with Crippen molar-refractivity contribution in [1.82, 2.24) is 9.97 Å². The zero-order valence-electron chi connectivity index (χ0n) is 13.4. The Morgan fingerprint density at radius 3 is 2.50 bits per heavy atom. The third-order valence-corrected chi connectivity index (χ3v) is 3.07. The van der Waals surface area contributed by atoms with Crippen LogP contribution in [-0.4, -0.2) is 23.1 Å². The highest BCUT2D eigenvalue weighted by molar-refractivity contribution is 5.38. The summed E-state index contributed by atoms with van der Waals surface area (Å²) in [5.74, 6) is 2.72. The van der Waals surface area contributed by atoms with Gasteiger partial charge in [-0.2, -0.15) is 4.98 Å². The maximum Gasteiger partial charge on any atom is 0.218 e. The highest BCUT2D eigenvalue weighted by Crippen LogP contribution is 2.19. The molecule has 0 atom stereocenters. The minimum atomic E-state index is 0.306. The molecule has 0 amide bonds. The summed E-state index contributed by atoms with van der Waals surface area (Å²) in [4.78, 5) is 9.03. The van der Waals surface area contributed by atoms with E-state index in [2.05, 4.69) is 43.0 Å². The van der Waals surface area contributed by atoms with Gasteiger partial charge in [-0.3, -0.25) is 0 Å². The fourth-order valence-electron chi connectivity index (χ4n) is 1.78. The highest BCUT2D eigenvalue weighted by atomic mass is 16.5. The van der Waals surface area contributed by atoms with Crippen molar-refractivity contribution in [2.45, 2.75) is 65.7 Å². The molecule has 1 heterocycles. The summed E-state index contributed by atoms with van der Waals surface area (Å²) in [5.41, 5.74) is 0. The van der Waals surface area contributed by atoms with Crippen LogP contribution < -0.4 is 10.1 Å². The van der Waals surface area contributed by atoms with E-state index in [0.717, 1.165) is 37.6 Å². The number of hydrogen-bond acceptors (Lipinski definition) is 4. The topological polar surface area (TPSA) is 47.0 Å². The van der Waals surface area contributed by atoms with Gasteiger partial charge in [-0.05, 0) is 12.8 Å². The second-order valence-electron chi connectivity index (χ2n) is 5.44. The summed E-state index contributed by atoms with van der Waals surface area (Å²) >= 11 is 0. The van der Waals surface area contributed by atoms with Crippen molar-refractivity contribution < 1.29 is 4.74 Å². The number of aromatic nitrogens is 2. The number of ether oxygens (including phenoxy) is 1. The van der Waals surface area contributed by atoms with Gasteiger partial charge < -0.3 is 10.1 Å². The van der Waals surface area contributed by atoms with E-state index >= 15 is 0 Å². The fourth-order valence-corrected chi connectivity index (χ4v) is 1.78.